The zero-order valence-corrected chi connectivity index (χ0v) is 11.7. The lowest BCUT2D eigenvalue weighted by Crippen LogP contribution is -2.13. The summed E-state index contributed by atoms with van der Waals surface area (Å²) in [6, 6.07) is 9.56. The second-order valence-electron chi connectivity index (χ2n) is 4.95. The topological polar surface area (TPSA) is 81.6 Å². The molecule has 2 N–H and O–H groups in total. The summed E-state index contributed by atoms with van der Waals surface area (Å²) in [6.07, 6.45) is 0. The molecule has 0 atom stereocenters. The van der Waals surface area contributed by atoms with Crippen molar-refractivity contribution in [1.82, 2.24) is 9.97 Å². The number of aromatic nitrogens is 2. The fourth-order valence-corrected chi connectivity index (χ4v) is 1.85. The Labute approximate surface area is 117 Å². The third-order valence-electron chi connectivity index (χ3n) is 3.06. The molecule has 20 heavy (non-hydrogen) atoms. The van der Waals surface area contributed by atoms with Crippen molar-refractivity contribution in [1.29, 1.82) is 5.26 Å². The van der Waals surface area contributed by atoms with Gasteiger partial charge in [-0.15, -0.1) is 0 Å². The van der Waals surface area contributed by atoms with Crippen LogP contribution in [0.4, 0.5) is 11.5 Å². The van der Waals surface area contributed by atoms with E-state index in [1.807, 2.05) is 25.1 Å². The number of aromatic amines is 1. The highest BCUT2D eigenvalue weighted by molar-refractivity contribution is 5.62. The minimum atomic E-state index is -0.538. The van der Waals surface area contributed by atoms with Gasteiger partial charge in [-0.05, 0) is 30.0 Å². The molecular formula is C15H16N4O. The molecule has 2 rings (SSSR count). The van der Waals surface area contributed by atoms with Crippen molar-refractivity contribution in [3.8, 4) is 6.07 Å². The van der Waals surface area contributed by atoms with Crippen molar-refractivity contribution >= 4 is 11.5 Å². The van der Waals surface area contributed by atoms with Gasteiger partial charge in [0.25, 0.3) is 0 Å². The first kappa shape index (κ1) is 13.8. The van der Waals surface area contributed by atoms with E-state index in [9.17, 15) is 4.79 Å². The maximum atomic E-state index is 11.4. The highest BCUT2D eigenvalue weighted by atomic mass is 16.1. The molecular weight excluding hydrogens is 252 g/mol. The first-order chi connectivity index (χ1) is 9.49. The summed E-state index contributed by atoms with van der Waals surface area (Å²) in [7, 11) is 0. The van der Waals surface area contributed by atoms with Crippen LogP contribution < -0.4 is 11.0 Å². The van der Waals surface area contributed by atoms with Crippen LogP contribution >= 0.6 is 0 Å². The van der Waals surface area contributed by atoms with Gasteiger partial charge in [-0.2, -0.15) is 10.2 Å². The standard InChI is InChI=1S/C15H16N4O/c1-9(2)11-5-4-10(3)13(6-11)18-14-7-12(8-16)17-15(20)19-14/h4-7,9H,1-3H3,(H2,17,18,19,20). The van der Waals surface area contributed by atoms with Crippen LogP contribution in [0.2, 0.25) is 0 Å². The summed E-state index contributed by atoms with van der Waals surface area (Å²) >= 11 is 0. The Hall–Kier alpha value is -2.61. The average molecular weight is 268 g/mol. The van der Waals surface area contributed by atoms with E-state index in [2.05, 4.69) is 35.2 Å². The summed E-state index contributed by atoms with van der Waals surface area (Å²) in [5.74, 6) is 0.785. The van der Waals surface area contributed by atoms with Crippen molar-refractivity contribution in [3.05, 3.63) is 51.6 Å². The molecule has 0 bridgehead atoms. The van der Waals surface area contributed by atoms with E-state index < -0.39 is 5.69 Å². The molecule has 1 aromatic heterocycles. The van der Waals surface area contributed by atoms with Crippen molar-refractivity contribution in [3.63, 3.8) is 0 Å². The quantitative estimate of drug-likeness (QED) is 0.896. The third kappa shape index (κ3) is 3.04. The normalized spacial score (nSPS) is 10.3. The third-order valence-corrected chi connectivity index (χ3v) is 3.06. The van der Waals surface area contributed by atoms with Gasteiger partial charge in [0.2, 0.25) is 0 Å². The molecule has 0 spiro atoms. The van der Waals surface area contributed by atoms with Gasteiger partial charge >= 0.3 is 5.69 Å². The molecule has 0 aliphatic heterocycles. The smallest absolute Gasteiger partial charge is 0.340 e. The number of H-pyrrole nitrogens is 1. The minimum absolute atomic E-state index is 0.185. The molecule has 2 aromatic rings. The monoisotopic (exact) mass is 268 g/mol. The van der Waals surface area contributed by atoms with E-state index in [0.29, 0.717) is 11.7 Å². The second-order valence-corrected chi connectivity index (χ2v) is 4.95. The van der Waals surface area contributed by atoms with E-state index in [1.165, 1.54) is 11.6 Å². The Balaban J connectivity index is 2.39. The lowest BCUT2D eigenvalue weighted by atomic mass is 10.0. The largest absolute Gasteiger partial charge is 0.347 e. The van der Waals surface area contributed by atoms with E-state index in [-0.39, 0.29) is 5.69 Å². The summed E-state index contributed by atoms with van der Waals surface area (Å²) in [5, 5.41) is 11.9. The first-order valence-corrected chi connectivity index (χ1v) is 6.38. The zero-order chi connectivity index (χ0) is 14.7. The van der Waals surface area contributed by atoms with Gasteiger partial charge < -0.3 is 5.32 Å². The number of nitrogens with zero attached hydrogens (tertiary/aromatic N) is 2. The number of nitrogens with one attached hydrogen (secondary N) is 2. The second kappa shape index (κ2) is 5.57. The van der Waals surface area contributed by atoms with Gasteiger partial charge in [-0.25, -0.2) is 4.79 Å². The van der Waals surface area contributed by atoms with Crippen LogP contribution in [-0.4, -0.2) is 9.97 Å². The molecule has 0 radical (unpaired) electrons. The minimum Gasteiger partial charge on any atom is -0.340 e. The summed E-state index contributed by atoms with van der Waals surface area (Å²) < 4.78 is 0. The Morgan fingerprint density at radius 2 is 2.10 bits per heavy atom. The van der Waals surface area contributed by atoms with Crippen molar-refractivity contribution in [2.75, 3.05) is 5.32 Å². The van der Waals surface area contributed by atoms with Crippen LogP contribution in [0, 0.1) is 18.3 Å². The molecule has 0 unspecified atom stereocenters. The Morgan fingerprint density at radius 3 is 2.75 bits per heavy atom. The molecule has 0 aliphatic rings. The maximum absolute atomic E-state index is 11.4. The van der Waals surface area contributed by atoms with Crippen LogP contribution in [-0.2, 0) is 0 Å². The molecule has 0 saturated carbocycles. The lowest BCUT2D eigenvalue weighted by Gasteiger charge is -2.12. The fourth-order valence-electron chi connectivity index (χ4n) is 1.85. The number of benzene rings is 1. The summed E-state index contributed by atoms with van der Waals surface area (Å²) in [4.78, 5) is 17.5. The molecule has 1 aromatic carbocycles. The molecule has 5 heteroatoms. The molecule has 0 saturated heterocycles. The van der Waals surface area contributed by atoms with Gasteiger partial charge in [-0.1, -0.05) is 26.0 Å². The Morgan fingerprint density at radius 1 is 1.35 bits per heavy atom. The summed E-state index contributed by atoms with van der Waals surface area (Å²) in [5.41, 5.74) is 2.78. The Kier molecular flexibility index (Phi) is 3.85. The number of aryl methyl sites for hydroxylation is 1. The molecule has 102 valence electrons. The molecule has 0 amide bonds. The van der Waals surface area contributed by atoms with Crippen molar-refractivity contribution < 1.29 is 0 Å². The van der Waals surface area contributed by atoms with Gasteiger partial charge in [0.15, 0.2) is 0 Å². The van der Waals surface area contributed by atoms with Gasteiger partial charge in [-0.3, -0.25) is 4.98 Å². The van der Waals surface area contributed by atoms with Crippen LogP contribution in [0.15, 0.2) is 29.1 Å². The predicted molar refractivity (Wildman–Crippen MR) is 78.1 cm³/mol. The van der Waals surface area contributed by atoms with E-state index in [0.717, 1.165) is 11.3 Å². The van der Waals surface area contributed by atoms with E-state index in [1.54, 1.807) is 0 Å². The van der Waals surface area contributed by atoms with Crippen molar-refractivity contribution in [2.24, 2.45) is 0 Å². The number of rotatable bonds is 3. The zero-order valence-electron chi connectivity index (χ0n) is 11.7. The molecule has 1 heterocycles. The average Bonchev–Trinajstić information content (AvgIpc) is 2.40. The first-order valence-electron chi connectivity index (χ1n) is 6.38. The maximum Gasteiger partial charge on any atom is 0.347 e. The van der Waals surface area contributed by atoms with Gasteiger partial charge in [0, 0.05) is 11.8 Å². The van der Waals surface area contributed by atoms with E-state index >= 15 is 0 Å². The predicted octanol–water partition coefficient (Wildman–Crippen LogP) is 2.82. The SMILES string of the molecule is Cc1ccc(C(C)C)cc1Nc1cc(C#N)[nH]c(=O)n1. The highest BCUT2D eigenvalue weighted by Gasteiger charge is 2.06. The van der Waals surface area contributed by atoms with Crippen molar-refractivity contribution in [2.45, 2.75) is 26.7 Å². The summed E-state index contributed by atoms with van der Waals surface area (Å²) in [6.45, 7) is 6.21. The van der Waals surface area contributed by atoms with Crippen LogP contribution in [0.3, 0.4) is 0 Å². The van der Waals surface area contributed by atoms with Crippen LogP contribution in [0.1, 0.15) is 36.6 Å². The fraction of sp³-hybridized carbons (Fsp3) is 0.267. The van der Waals surface area contributed by atoms with Gasteiger partial charge in [0.1, 0.15) is 17.6 Å². The lowest BCUT2D eigenvalue weighted by molar-refractivity contribution is 0.866. The molecule has 0 fully saturated rings. The Bertz CT molecular complexity index is 725. The van der Waals surface area contributed by atoms with E-state index in [4.69, 9.17) is 5.26 Å². The number of hydrogen-bond acceptors (Lipinski definition) is 4. The van der Waals surface area contributed by atoms with Crippen LogP contribution in [0.5, 0.6) is 0 Å². The number of nitriles is 1. The van der Waals surface area contributed by atoms with Gasteiger partial charge in [0.05, 0.1) is 0 Å². The molecule has 5 nitrogen and oxygen atoms in total. The number of anilines is 2. The highest BCUT2D eigenvalue weighted by Crippen LogP contribution is 2.24. The number of hydrogen-bond donors (Lipinski definition) is 2. The van der Waals surface area contributed by atoms with Crippen LogP contribution in [0.25, 0.3) is 0 Å². The molecule has 0 aliphatic carbocycles.